The van der Waals surface area contributed by atoms with E-state index in [0.29, 0.717) is 17.0 Å². The molecule has 140 valence electrons. The molecule has 0 bridgehead atoms. The van der Waals surface area contributed by atoms with Crippen molar-refractivity contribution in [3.05, 3.63) is 93.7 Å². The second kappa shape index (κ2) is 7.36. The number of amides is 1. The molecular weight excluding hydrogens is 360 g/mol. The van der Waals surface area contributed by atoms with Gasteiger partial charge in [0.15, 0.2) is 5.52 Å². The number of anilines is 1. The van der Waals surface area contributed by atoms with Crippen LogP contribution in [0.2, 0.25) is 0 Å². The van der Waals surface area contributed by atoms with E-state index in [2.05, 4.69) is 10.3 Å². The number of nitrogens with one attached hydrogen (secondary N) is 1. The Morgan fingerprint density at radius 2 is 1.82 bits per heavy atom. The van der Waals surface area contributed by atoms with E-state index >= 15 is 0 Å². The van der Waals surface area contributed by atoms with Crippen molar-refractivity contribution in [3.8, 4) is 0 Å². The van der Waals surface area contributed by atoms with Gasteiger partial charge in [0.25, 0.3) is 5.56 Å². The Labute approximate surface area is 158 Å². The zero-order valence-electron chi connectivity index (χ0n) is 14.7. The van der Waals surface area contributed by atoms with Crippen LogP contribution in [0.4, 0.5) is 5.69 Å². The summed E-state index contributed by atoms with van der Waals surface area (Å²) in [6.07, 6.45) is 2.94. The van der Waals surface area contributed by atoms with Gasteiger partial charge in [-0.05, 0) is 36.4 Å². The van der Waals surface area contributed by atoms with Gasteiger partial charge in [0.05, 0.1) is 18.3 Å². The van der Waals surface area contributed by atoms with Crippen molar-refractivity contribution >= 4 is 22.6 Å². The van der Waals surface area contributed by atoms with Crippen LogP contribution >= 0.6 is 0 Å². The van der Waals surface area contributed by atoms with E-state index in [9.17, 15) is 14.4 Å². The summed E-state index contributed by atoms with van der Waals surface area (Å²) in [5, 5.41) is 2.74. The fourth-order valence-electron chi connectivity index (χ4n) is 2.96. The molecule has 28 heavy (non-hydrogen) atoms. The summed E-state index contributed by atoms with van der Waals surface area (Å²) in [6, 6.07) is 15.5. The van der Waals surface area contributed by atoms with Crippen LogP contribution in [0.5, 0.6) is 0 Å². The molecule has 0 atom stereocenters. The quantitative estimate of drug-likeness (QED) is 0.573. The lowest BCUT2D eigenvalue weighted by Gasteiger charge is -2.13. The average molecular weight is 376 g/mol. The van der Waals surface area contributed by atoms with E-state index in [-0.39, 0.29) is 24.5 Å². The van der Waals surface area contributed by atoms with Gasteiger partial charge >= 0.3 is 5.69 Å². The smallest absolute Gasteiger partial charge is 0.332 e. The van der Waals surface area contributed by atoms with Crippen LogP contribution in [0, 0.1) is 0 Å². The van der Waals surface area contributed by atoms with Gasteiger partial charge < -0.3 is 9.73 Å². The van der Waals surface area contributed by atoms with Crippen LogP contribution in [0.3, 0.4) is 0 Å². The number of furan rings is 1. The molecule has 8 nitrogen and oxygen atoms in total. The van der Waals surface area contributed by atoms with Gasteiger partial charge in [-0.15, -0.1) is 0 Å². The molecule has 3 aromatic heterocycles. The monoisotopic (exact) mass is 376 g/mol. The van der Waals surface area contributed by atoms with Crippen molar-refractivity contribution in [3.63, 3.8) is 0 Å². The molecule has 0 unspecified atom stereocenters. The van der Waals surface area contributed by atoms with Crippen molar-refractivity contribution in [1.82, 2.24) is 14.1 Å². The van der Waals surface area contributed by atoms with Crippen LogP contribution < -0.4 is 16.6 Å². The van der Waals surface area contributed by atoms with Gasteiger partial charge in [-0.25, -0.2) is 9.78 Å². The number of nitrogens with zero attached hydrogens (tertiary/aromatic N) is 3. The molecule has 4 aromatic rings. The highest BCUT2D eigenvalue weighted by Crippen LogP contribution is 2.08. The maximum absolute atomic E-state index is 13.0. The van der Waals surface area contributed by atoms with E-state index in [1.54, 1.807) is 48.5 Å². The number of fused-ring (bicyclic) bond motifs is 1. The largest absolute Gasteiger partial charge is 0.467 e. The van der Waals surface area contributed by atoms with E-state index in [1.165, 1.54) is 17.0 Å². The van der Waals surface area contributed by atoms with Crippen molar-refractivity contribution in [2.24, 2.45) is 0 Å². The predicted molar refractivity (Wildman–Crippen MR) is 103 cm³/mol. The number of benzene rings is 1. The third-order valence-corrected chi connectivity index (χ3v) is 4.24. The summed E-state index contributed by atoms with van der Waals surface area (Å²) < 4.78 is 7.51. The molecule has 0 aliphatic carbocycles. The first-order valence-corrected chi connectivity index (χ1v) is 8.59. The molecule has 1 amide bonds. The van der Waals surface area contributed by atoms with Gasteiger partial charge in [-0.1, -0.05) is 18.2 Å². The molecular formula is C20H16N4O4. The highest BCUT2D eigenvalue weighted by atomic mass is 16.3. The molecule has 0 aliphatic rings. The van der Waals surface area contributed by atoms with Crippen LogP contribution in [-0.4, -0.2) is 20.0 Å². The molecule has 1 aromatic carbocycles. The summed E-state index contributed by atoms with van der Waals surface area (Å²) in [6.45, 7) is -0.300. The Bertz CT molecular complexity index is 1240. The zero-order valence-corrected chi connectivity index (χ0v) is 14.7. The third-order valence-electron chi connectivity index (χ3n) is 4.24. The number of pyridine rings is 1. The highest BCUT2D eigenvalue weighted by molar-refractivity contribution is 5.91. The SMILES string of the molecule is O=C(Cn1c(=O)n(Cc2ccco2)c(=O)c2ncccc21)Nc1ccccc1. The summed E-state index contributed by atoms with van der Waals surface area (Å²) in [5.74, 6) is 0.0661. The van der Waals surface area contributed by atoms with Crippen molar-refractivity contribution in [1.29, 1.82) is 0 Å². The Kier molecular flexibility index (Phi) is 4.59. The summed E-state index contributed by atoms with van der Waals surface area (Å²) >= 11 is 0. The lowest BCUT2D eigenvalue weighted by Crippen LogP contribution is -2.42. The van der Waals surface area contributed by atoms with Gasteiger partial charge in [0.1, 0.15) is 12.3 Å². The van der Waals surface area contributed by atoms with Crippen molar-refractivity contribution in [2.45, 2.75) is 13.1 Å². The van der Waals surface area contributed by atoms with Crippen molar-refractivity contribution in [2.75, 3.05) is 5.32 Å². The minimum absolute atomic E-state index is 0.0442. The molecule has 1 N–H and O–H groups in total. The van der Waals surface area contributed by atoms with Gasteiger partial charge in [-0.3, -0.25) is 18.7 Å². The van der Waals surface area contributed by atoms with E-state index < -0.39 is 11.2 Å². The lowest BCUT2D eigenvalue weighted by atomic mass is 10.3. The van der Waals surface area contributed by atoms with Gasteiger partial charge in [0.2, 0.25) is 5.91 Å². The van der Waals surface area contributed by atoms with E-state index in [4.69, 9.17) is 4.42 Å². The second-order valence-corrected chi connectivity index (χ2v) is 6.12. The number of carbonyl (C=O) groups excluding carboxylic acids is 1. The van der Waals surface area contributed by atoms with E-state index in [1.807, 2.05) is 6.07 Å². The average Bonchev–Trinajstić information content (AvgIpc) is 3.22. The Balaban J connectivity index is 1.77. The molecule has 0 aliphatic heterocycles. The van der Waals surface area contributed by atoms with Crippen LogP contribution in [-0.2, 0) is 17.9 Å². The van der Waals surface area contributed by atoms with E-state index in [0.717, 1.165) is 4.57 Å². The normalized spacial score (nSPS) is 10.9. The minimum atomic E-state index is -0.606. The molecule has 0 fully saturated rings. The maximum atomic E-state index is 13.0. The van der Waals surface area contributed by atoms with Crippen LogP contribution in [0.1, 0.15) is 5.76 Å². The highest BCUT2D eigenvalue weighted by Gasteiger charge is 2.17. The Morgan fingerprint density at radius 1 is 1.00 bits per heavy atom. The molecule has 0 radical (unpaired) electrons. The molecule has 3 heterocycles. The standard InChI is InChI=1S/C20H16N4O4/c25-17(22-14-6-2-1-3-7-14)13-23-16-9-4-10-21-18(16)19(26)24(20(23)27)12-15-8-5-11-28-15/h1-11H,12-13H2,(H,22,25). The maximum Gasteiger partial charge on any atom is 0.332 e. The van der Waals surface area contributed by atoms with Gasteiger partial charge in [0, 0.05) is 11.9 Å². The molecule has 8 heteroatoms. The molecule has 0 saturated heterocycles. The number of para-hydroxylation sites is 1. The molecule has 0 spiro atoms. The Hall–Kier alpha value is -3.94. The zero-order chi connectivity index (χ0) is 19.5. The number of rotatable bonds is 5. The first-order chi connectivity index (χ1) is 13.6. The van der Waals surface area contributed by atoms with Crippen LogP contribution in [0.25, 0.3) is 11.0 Å². The number of carbonyl (C=O) groups is 1. The number of hydrogen-bond donors (Lipinski definition) is 1. The fraction of sp³-hybridized carbons (Fsp3) is 0.100. The Morgan fingerprint density at radius 3 is 2.57 bits per heavy atom. The summed E-state index contributed by atoms with van der Waals surface area (Å²) in [4.78, 5) is 42.3. The predicted octanol–water partition coefficient (Wildman–Crippen LogP) is 1.84. The number of aromatic nitrogens is 3. The summed E-state index contributed by atoms with van der Waals surface area (Å²) in [5.41, 5.74) is -0.105. The molecule has 4 rings (SSSR count). The minimum Gasteiger partial charge on any atom is -0.467 e. The second-order valence-electron chi connectivity index (χ2n) is 6.12. The van der Waals surface area contributed by atoms with Crippen molar-refractivity contribution < 1.29 is 9.21 Å². The van der Waals surface area contributed by atoms with Crippen LogP contribution in [0.15, 0.2) is 81.1 Å². The first kappa shape index (κ1) is 17.5. The molecule has 0 saturated carbocycles. The van der Waals surface area contributed by atoms with Gasteiger partial charge in [-0.2, -0.15) is 0 Å². The number of hydrogen-bond acceptors (Lipinski definition) is 5. The fourth-order valence-corrected chi connectivity index (χ4v) is 2.96. The first-order valence-electron chi connectivity index (χ1n) is 8.59. The third kappa shape index (κ3) is 3.35. The summed E-state index contributed by atoms with van der Waals surface area (Å²) in [7, 11) is 0. The lowest BCUT2D eigenvalue weighted by molar-refractivity contribution is -0.116. The topological polar surface area (TPSA) is 99.1 Å².